The van der Waals surface area contributed by atoms with Crippen molar-refractivity contribution in [1.29, 1.82) is 0 Å². The lowest BCUT2D eigenvalue weighted by Gasteiger charge is -2.10. The second kappa shape index (κ2) is 8.10. The molecule has 1 N–H and O–H groups in total. The number of carbonyl (C=O) groups excluding carboxylic acids is 1. The van der Waals surface area contributed by atoms with Gasteiger partial charge in [-0.25, -0.2) is 9.37 Å². The molecule has 0 unspecified atom stereocenters. The predicted octanol–water partition coefficient (Wildman–Crippen LogP) is 2.88. The van der Waals surface area contributed by atoms with Crippen molar-refractivity contribution >= 4 is 27.6 Å². The molecule has 7 heteroatoms. The molecule has 0 saturated heterocycles. The van der Waals surface area contributed by atoms with Crippen molar-refractivity contribution in [3.05, 3.63) is 83.2 Å². The minimum absolute atomic E-state index is 0.139. The van der Waals surface area contributed by atoms with Gasteiger partial charge in [-0.1, -0.05) is 30.3 Å². The van der Waals surface area contributed by atoms with E-state index in [9.17, 15) is 14.0 Å². The summed E-state index contributed by atoms with van der Waals surface area (Å²) in [5.41, 5.74) is -0.0751. The highest BCUT2D eigenvalue weighted by atomic mass is 19.1. The zero-order valence-electron chi connectivity index (χ0n) is 15.5. The molecule has 0 fully saturated rings. The number of aromatic nitrogens is 2. The van der Waals surface area contributed by atoms with Crippen molar-refractivity contribution in [2.75, 3.05) is 13.2 Å². The number of rotatable bonds is 6. The highest BCUT2D eigenvalue weighted by molar-refractivity contribution is 5.83. The Balaban J connectivity index is 1.32. The lowest BCUT2D eigenvalue weighted by Crippen LogP contribution is -2.34. The van der Waals surface area contributed by atoms with Gasteiger partial charge >= 0.3 is 0 Å². The number of nitrogens with one attached hydrogen (secondary N) is 1. The number of hydrogen-bond donors (Lipinski definition) is 1. The molecule has 0 spiro atoms. The van der Waals surface area contributed by atoms with Crippen LogP contribution in [0.15, 0.2) is 71.8 Å². The maximum atomic E-state index is 13.4. The van der Waals surface area contributed by atoms with Crippen LogP contribution >= 0.6 is 0 Å². The lowest BCUT2D eigenvalue weighted by atomic mass is 10.1. The number of ether oxygens (including phenoxy) is 1. The molecule has 0 saturated carbocycles. The van der Waals surface area contributed by atoms with Gasteiger partial charge < -0.3 is 10.1 Å². The average Bonchev–Trinajstić information content (AvgIpc) is 2.73. The van der Waals surface area contributed by atoms with Crippen LogP contribution in [0.4, 0.5) is 4.39 Å². The van der Waals surface area contributed by atoms with Gasteiger partial charge in [0.05, 0.1) is 23.8 Å². The van der Waals surface area contributed by atoms with E-state index in [1.807, 2.05) is 42.5 Å². The smallest absolute Gasteiger partial charge is 0.261 e. The Labute approximate surface area is 165 Å². The molecule has 0 radical (unpaired) electrons. The number of hydrogen-bond acceptors (Lipinski definition) is 4. The zero-order chi connectivity index (χ0) is 20.2. The van der Waals surface area contributed by atoms with Gasteiger partial charge in [0.1, 0.15) is 24.7 Å². The number of carbonyl (C=O) groups is 1. The molecule has 1 heterocycles. The van der Waals surface area contributed by atoms with Crippen molar-refractivity contribution < 1.29 is 13.9 Å². The number of nitrogens with zero attached hydrogens (tertiary/aromatic N) is 2. The minimum atomic E-state index is -0.524. The Kier molecular flexibility index (Phi) is 5.20. The molecule has 3 aromatic carbocycles. The van der Waals surface area contributed by atoms with E-state index in [1.165, 1.54) is 18.5 Å². The number of amides is 1. The molecular formula is C22H18FN3O3. The highest BCUT2D eigenvalue weighted by Gasteiger charge is 2.09. The molecular weight excluding hydrogens is 373 g/mol. The fraction of sp³-hybridized carbons (Fsp3) is 0.136. The van der Waals surface area contributed by atoms with E-state index >= 15 is 0 Å². The molecule has 0 aliphatic heterocycles. The van der Waals surface area contributed by atoms with E-state index in [1.54, 1.807) is 0 Å². The lowest BCUT2D eigenvalue weighted by molar-refractivity contribution is -0.121. The van der Waals surface area contributed by atoms with E-state index in [0.717, 1.165) is 27.2 Å². The quantitative estimate of drug-likeness (QED) is 0.513. The first-order chi connectivity index (χ1) is 14.1. The van der Waals surface area contributed by atoms with Gasteiger partial charge in [-0.2, -0.15) is 0 Å². The highest BCUT2D eigenvalue weighted by Crippen LogP contribution is 2.20. The predicted molar refractivity (Wildman–Crippen MR) is 108 cm³/mol. The maximum Gasteiger partial charge on any atom is 0.261 e. The van der Waals surface area contributed by atoms with Gasteiger partial charge in [-0.15, -0.1) is 0 Å². The van der Waals surface area contributed by atoms with Crippen molar-refractivity contribution in [3.8, 4) is 5.75 Å². The van der Waals surface area contributed by atoms with E-state index < -0.39 is 11.4 Å². The summed E-state index contributed by atoms with van der Waals surface area (Å²) in [4.78, 5) is 28.6. The SMILES string of the molecule is O=C(Cn1cnc2ccc(F)cc2c1=O)NCCOc1ccc2ccccc2c1. The fourth-order valence-electron chi connectivity index (χ4n) is 3.07. The Morgan fingerprint density at radius 2 is 1.90 bits per heavy atom. The standard InChI is InChI=1S/C22H18FN3O3/c23-17-6-8-20-19(12-17)22(28)26(14-25-20)13-21(27)24-9-10-29-18-7-5-15-3-1-2-4-16(15)11-18/h1-8,11-12,14H,9-10,13H2,(H,24,27). The fourth-order valence-corrected chi connectivity index (χ4v) is 3.07. The summed E-state index contributed by atoms with van der Waals surface area (Å²) in [6, 6.07) is 17.6. The zero-order valence-corrected chi connectivity index (χ0v) is 15.5. The van der Waals surface area contributed by atoms with Gasteiger partial charge in [-0.05, 0) is 41.1 Å². The summed E-state index contributed by atoms with van der Waals surface area (Å²) in [6.45, 7) is 0.379. The molecule has 0 aliphatic carbocycles. The van der Waals surface area contributed by atoms with Crippen LogP contribution in [0.2, 0.25) is 0 Å². The van der Waals surface area contributed by atoms with Crippen LogP contribution in [0.3, 0.4) is 0 Å². The molecule has 1 amide bonds. The topological polar surface area (TPSA) is 73.2 Å². The molecule has 0 bridgehead atoms. The van der Waals surface area contributed by atoms with Crippen molar-refractivity contribution in [3.63, 3.8) is 0 Å². The summed E-state index contributed by atoms with van der Waals surface area (Å²) in [5.74, 6) is -0.161. The van der Waals surface area contributed by atoms with Crippen LogP contribution in [0, 0.1) is 5.82 Å². The molecule has 1 aromatic heterocycles. The molecule has 4 aromatic rings. The Hall–Kier alpha value is -3.74. The van der Waals surface area contributed by atoms with Crippen molar-refractivity contribution in [1.82, 2.24) is 14.9 Å². The normalized spacial score (nSPS) is 10.9. The second-order valence-electron chi connectivity index (χ2n) is 6.55. The third-order valence-corrected chi connectivity index (χ3v) is 4.51. The summed E-state index contributed by atoms with van der Waals surface area (Å²) < 4.78 is 20.2. The van der Waals surface area contributed by atoms with Gasteiger partial charge in [-0.3, -0.25) is 14.2 Å². The third kappa shape index (κ3) is 4.24. The number of benzene rings is 3. The largest absolute Gasteiger partial charge is 0.492 e. The van der Waals surface area contributed by atoms with Crippen LogP contribution in [-0.4, -0.2) is 28.6 Å². The van der Waals surface area contributed by atoms with Gasteiger partial charge in [0, 0.05) is 0 Å². The Morgan fingerprint density at radius 1 is 1.07 bits per heavy atom. The summed E-state index contributed by atoms with van der Waals surface area (Å²) in [6.07, 6.45) is 1.29. The Bertz CT molecular complexity index is 1250. The first-order valence-corrected chi connectivity index (χ1v) is 9.13. The van der Waals surface area contributed by atoms with E-state index in [0.29, 0.717) is 12.1 Å². The molecule has 0 atom stereocenters. The van der Waals surface area contributed by atoms with Gasteiger partial charge in [0.25, 0.3) is 5.56 Å². The van der Waals surface area contributed by atoms with Crippen LogP contribution in [0.25, 0.3) is 21.7 Å². The number of halogens is 1. The molecule has 6 nitrogen and oxygen atoms in total. The average molecular weight is 391 g/mol. The summed E-state index contributed by atoms with van der Waals surface area (Å²) in [5, 5.41) is 5.04. The molecule has 29 heavy (non-hydrogen) atoms. The first kappa shape index (κ1) is 18.6. The molecule has 0 aliphatic rings. The van der Waals surface area contributed by atoms with E-state index in [2.05, 4.69) is 10.3 Å². The van der Waals surface area contributed by atoms with Crippen LogP contribution in [0.1, 0.15) is 0 Å². The molecule has 146 valence electrons. The van der Waals surface area contributed by atoms with Crippen molar-refractivity contribution in [2.24, 2.45) is 0 Å². The van der Waals surface area contributed by atoms with Crippen LogP contribution < -0.4 is 15.6 Å². The maximum absolute atomic E-state index is 13.4. The van der Waals surface area contributed by atoms with Crippen LogP contribution in [0.5, 0.6) is 5.75 Å². The van der Waals surface area contributed by atoms with Gasteiger partial charge in [0.15, 0.2) is 0 Å². The summed E-state index contributed by atoms with van der Waals surface area (Å²) in [7, 11) is 0. The minimum Gasteiger partial charge on any atom is -0.492 e. The molecule has 4 rings (SSSR count). The summed E-state index contributed by atoms with van der Waals surface area (Å²) >= 11 is 0. The first-order valence-electron chi connectivity index (χ1n) is 9.13. The van der Waals surface area contributed by atoms with E-state index in [-0.39, 0.29) is 24.4 Å². The van der Waals surface area contributed by atoms with E-state index in [4.69, 9.17) is 4.74 Å². The second-order valence-corrected chi connectivity index (χ2v) is 6.55. The monoisotopic (exact) mass is 391 g/mol. The third-order valence-electron chi connectivity index (χ3n) is 4.51. The van der Waals surface area contributed by atoms with Crippen LogP contribution in [-0.2, 0) is 11.3 Å². The van der Waals surface area contributed by atoms with Crippen molar-refractivity contribution in [2.45, 2.75) is 6.54 Å². The number of fused-ring (bicyclic) bond motifs is 2. The van der Waals surface area contributed by atoms with Gasteiger partial charge in [0.2, 0.25) is 5.91 Å². The Morgan fingerprint density at radius 3 is 2.76 bits per heavy atom.